The number of Topliss-reactive ketones (excluding diaryl/α,β-unsaturated/α-hetero) is 1. The zero-order valence-electron chi connectivity index (χ0n) is 9.49. The summed E-state index contributed by atoms with van der Waals surface area (Å²) in [6.45, 7) is 0.160. The van der Waals surface area contributed by atoms with Gasteiger partial charge in [-0.3, -0.25) is 4.79 Å². The average molecular weight is 264 g/mol. The number of anilines is 1. The van der Waals surface area contributed by atoms with Gasteiger partial charge in [0, 0.05) is 16.3 Å². The summed E-state index contributed by atoms with van der Waals surface area (Å²) in [6.07, 6.45) is 0. The molecule has 0 bridgehead atoms. The van der Waals surface area contributed by atoms with Gasteiger partial charge in [0.2, 0.25) is 0 Å². The molecule has 4 heteroatoms. The summed E-state index contributed by atoms with van der Waals surface area (Å²) >= 11 is 5.75. The van der Waals surface area contributed by atoms with Gasteiger partial charge in [0.25, 0.3) is 0 Å². The SMILES string of the molecule is O=C(CNc1ccc(Cl)cc1)c1ccc(F)cc1. The lowest BCUT2D eigenvalue weighted by Crippen LogP contribution is -2.13. The lowest BCUT2D eigenvalue weighted by molar-refractivity contribution is 0.101. The van der Waals surface area contributed by atoms with Crippen molar-refractivity contribution in [2.45, 2.75) is 0 Å². The molecule has 0 aliphatic carbocycles. The van der Waals surface area contributed by atoms with E-state index in [1.807, 2.05) is 0 Å². The van der Waals surface area contributed by atoms with Crippen LogP contribution in [0.4, 0.5) is 10.1 Å². The second-order valence-corrected chi connectivity index (χ2v) is 4.23. The van der Waals surface area contributed by atoms with E-state index in [4.69, 9.17) is 11.6 Å². The first-order chi connectivity index (χ1) is 8.65. The molecule has 0 heterocycles. The summed E-state index contributed by atoms with van der Waals surface area (Å²) < 4.78 is 12.7. The minimum absolute atomic E-state index is 0.0926. The predicted molar refractivity (Wildman–Crippen MR) is 70.7 cm³/mol. The summed E-state index contributed by atoms with van der Waals surface area (Å²) in [6, 6.07) is 12.6. The molecule has 0 unspecified atom stereocenters. The highest BCUT2D eigenvalue weighted by Gasteiger charge is 2.05. The fourth-order valence-electron chi connectivity index (χ4n) is 1.49. The van der Waals surface area contributed by atoms with Crippen molar-refractivity contribution in [1.29, 1.82) is 0 Å². The molecule has 0 fully saturated rings. The van der Waals surface area contributed by atoms with Gasteiger partial charge in [-0.2, -0.15) is 0 Å². The number of rotatable bonds is 4. The van der Waals surface area contributed by atoms with Crippen molar-refractivity contribution >= 4 is 23.1 Å². The van der Waals surface area contributed by atoms with Crippen molar-refractivity contribution in [1.82, 2.24) is 0 Å². The van der Waals surface area contributed by atoms with Gasteiger partial charge < -0.3 is 5.32 Å². The molecule has 0 spiro atoms. The van der Waals surface area contributed by atoms with E-state index in [2.05, 4.69) is 5.32 Å². The maximum absolute atomic E-state index is 12.7. The Morgan fingerprint density at radius 3 is 2.28 bits per heavy atom. The average Bonchev–Trinajstić information content (AvgIpc) is 2.38. The van der Waals surface area contributed by atoms with Crippen molar-refractivity contribution in [3.05, 3.63) is 64.9 Å². The Kier molecular flexibility index (Phi) is 3.95. The van der Waals surface area contributed by atoms with Crippen molar-refractivity contribution in [2.24, 2.45) is 0 Å². The van der Waals surface area contributed by atoms with E-state index >= 15 is 0 Å². The van der Waals surface area contributed by atoms with Crippen LogP contribution in [-0.4, -0.2) is 12.3 Å². The molecule has 2 nitrogen and oxygen atoms in total. The third-order valence-corrected chi connectivity index (χ3v) is 2.72. The number of halogens is 2. The van der Waals surface area contributed by atoms with E-state index in [0.29, 0.717) is 10.6 Å². The van der Waals surface area contributed by atoms with E-state index in [-0.39, 0.29) is 18.1 Å². The summed E-state index contributed by atoms with van der Waals surface area (Å²) in [7, 11) is 0. The zero-order chi connectivity index (χ0) is 13.0. The number of carbonyl (C=O) groups excluding carboxylic acids is 1. The summed E-state index contributed by atoms with van der Waals surface area (Å²) in [4.78, 5) is 11.8. The van der Waals surface area contributed by atoms with Crippen LogP contribution in [0.1, 0.15) is 10.4 Å². The zero-order valence-corrected chi connectivity index (χ0v) is 10.2. The molecule has 0 amide bonds. The first-order valence-electron chi connectivity index (χ1n) is 5.43. The molecule has 2 aromatic rings. The van der Waals surface area contributed by atoms with Gasteiger partial charge in [-0.1, -0.05) is 11.6 Å². The van der Waals surface area contributed by atoms with Crippen LogP contribution < -0.4 is 5.32 Å². The van der Waals surface area contributed by atoms with Crippen LogP contribution in [-0.2, 0) is 0 Å². The van der Waals surface area contributed by atoms with Crippen molar-refractivity contribution in [3.63, 3.8) is 0 Å². The Morgan fingerprint density at radius 2 is 1.67 bits per heavy atom. The van der Waals surface area contributed by atoms with Gasteiger partial charge >= 0.3 is 0 Å². The number of ketones is 1. The van der Waals surface area contributed by atoms with Crippen molar-refractivity contribution in [3.8, 4) is 0 Å². The molecule has 0 aromatic heterocycles. The fraction of sp³-hybridized carbons (Fsp3) is 0.0714. The first-order valence-corrected chi connectivity index (χ1v) is 5.81. The molecule has 0 aliphatic heterocycles. The number of benzene rings is 2. The Morgan fingerprint density at radius 1 is 1.06 bits per heavy atom. The second kappa shape index (κ2) is 5.65. The van der Waals surface area contributed by atoms with Crippen molar-refractivity contribution in [2.75, 3.05) is 11.9 Å². The highest BCUT2D eigenvalue weighted by atomic mass is 35.5. The van der Waals surface area contributed by atoms with Crippen LogP contribution in [0.25, 0.3) is 0 Å². The van der Waals surface area contributed by atoms with Crippen LogP contribution in [0.3, 0.4) is 0 Å². The highest BCUT2D eigenvalue weighted by molar-refractivity contribution is 6.30. The van der Waals surface area contributed by atoms with Crippen LogP contribution in [0.2, 0.25) is 5.02 Å². The van der Waals surface area contributed by atoms with E-state index in [0.717, 1.165) is 5.69 Å². The van der Waals surface area contributed by atoms with E-state index in [9.17, 15) is 9.18 Å². The van der Waals surface area contributed by atoms with Crippen LogP contribution in [0.15, 0.2) is 48.5 Å². The molecule has 18 heavy (non-hydrogen) atoms. The summed E-state index contributed by atoms with van der Waals surface area (Å²) in [5.74, 6) is -0.442. The maximum Gasteiger partial charge on any atom is 0.181 e. The Labute approximate surface area is 109 Å². The lowest BCUT2D eigenvalue weighted by atomic mass is 10.1. The molecular formula is C14H11ClFNO. The highest BCUT2D eigenvalue weighted by Crippen LogP contribution is 2.13. The molecule has 2 rings (SSSR count). The van der Waals surface area contributed by atoms with Gasteiger partial charge in [-0.15, -0.1) is 0 Å². The molecule has 2 aromatic carbocycles. The van der Waals surface area contributed by atoms with Crippen LogP contribution in [0, 0.1) is 5.82 Å². The van der Waals surface area contributed by atoms with Gasteiger partial charge in [0.1, 0.15) is 5.82 Å². The van der Waals surface area contributed by atoms with Crippen LogP contribution >= 0.6 is 11.6 Å². The van der Waals surface area contributed by atoms with Gasteiger partial charge in [0.15, 0.2) is 5.78 Å². The molecule has 0 radical (unpaired) electrons. The first kappa shape index (κ1) is 12.6. The Balaban J connectivity index is 1.96. The van der Waals surface area contributed by atoms with E-state index in [1.54, 1.807) is 24.3 Å². The summed E-state index contributed by atoms with van der Waals surface area (Å²) in [5, 5.41) is 3.63. The normalized spacial score (nSPS) is 10.1. The molecule has 92 valence electrons. The minimum Gasteiger partial charge on any atom is -0.378 e. The third-order valence-electron chi connectivity index (χ3n) is 2.46. The lowest BCUT2D eigenvalue weighted by Gasteiger charge is -2.05. The molecule has 0 aliphatic rings. The number of hydrogen-bond acceptors (Lipinski definition) is 2. The number of nitrogens with one attached hydrogen (secondary N) is 1. The smallest absolute Gasteiger partial charge is 0.181 e. The van der Waals surface area contributed by atoms with Crippen molar-refractivity contribution < 1.29 is 9.18 Å². The summed E-state index contributed by atoms with van der Waals surface area (Å²) in [5.41, 5.74) is 1.30. The Bertz CT molecular complexity index is 537. The quantitative estimate of drug-likeness (QED) is 0.851. The van der Waals surface area contributed by atoms with Gasteiger partial charge in [0.05, 0.1) is 6.54 Å². The Hall–Kier alpha value is -1.87. The standard InChI is InChI=1S/C14H11ClFNO/c15-11-3-7-13(8-4-11)17-9-14(18)10-1-5-12(16)6-2-10/h1-8,17H,9H2. The molecule has 0 saturated heterocycles. The maximum atomic E-state index is 12.7. The minimum atomic E-state index is -0.350. The molecular weight excluding hydrogens is 253 g/mol. The molecule has 1 N–H and O–H groups in total. The second-order valence-electron chi connectivity index (χ2n) is 3.79. The van der Waals surface area contributed by atoms with Gasteiger partial charge in [-0.05, 0) is 48.5 Å². The largest absolute Gasteiger partial charge is 0.378 e. The monoisotopic (exact) mass is 263 g/mol. The predicted octanol–water partition coefficient (Wildman–Crippen LogP) is 3.77. The van der Waals surface area contributed by atoms with Gasteiger partial charge in [-0.25, -0.2) is 4.39 Å². The fourth-order valence-corrected chi connectivity index (χ4v) is 1.61. The van der Waals surface area contributed by atoms with E-state index in [1.165, 1.54) is 24.3 Å². The van der Waals surface area contributed by atoms with Crippen LogP contribution in [0.5, 0.6) is 0 Å². The molecule has 0 atom stereocenters. The topological polar surface area (TPSA) is 29.1 Å². The number of carbonyl (C=O) groups is 1. The number of hydrogen-bond donors (Lipinski definition) is 1. The third kappa shape index (κ3) is 3.31. The molecule has 0 saturated carbocycles. The van der Waals surface area contributed by atoms with E-state index < -0.39 is 0 Å².